The van der Waals surface area contributed by atoms with Crippen LogP contribution in [0.1, 0.15) is 32.6 Å². The van der Waals surface area contributed by atoms with Crippen molar-refractivity contribution in [2.24, 2.45) is 0 Å². The summed E-state index contributed by atoms with van der Waals surface area (Å²) in [6, 6.07) is 9.95. The zero-order valence-electron chi connectivity index (χ0n) is 16.3. The number of aryl methyl sites for hydroxylation is 2. The van der Waals surface area contributed by atoms with Gasteiger partial charge < -0.3 is 19.0 Å². The first-order chi connectivity index (χ1) is 13.8. The van der Waals surface area contributed by atoms with Crippen molar-refractivity contribution in [3.8, 4) is 5.75 Å². The highest BCUT2D eigenvalue weighted by atomic mass is 16.5. The molecular formula is C22H20O7. The predicted molar refractivity (Wildman–Crippen MR) is 105 cm³/mol. The second-order valence-electron chi connectivity index (χ2n) is 6.60. The second kappa shape index (κ2) is 8.18. The van der Waals surface area contributed by atoms with Crippen LogP contribution >= 0.6 is 0 Å². The van der Waals surface area contributed by atoms with Crippen LogP contribution in [0.2, 0.25) is 0 Å². The lowest BCUT2D eigenvalue weighted by Crippen LogP contribution is -2.16. The minimum Gasteiger partial charge on any atom is -0.488 e. The smallest absolute Gasteiger partial charge is 0.340 e. The number of rotatable bonds is 6. The van der Waals surface area contributed by atoms with E-state index < -0.39 is 17.6 Å². The number of esters is 1. The number of fused-ring (bicyclic) bond motifs is 1. The van der Waals surface area contributed by atoms with E-state index >= 15 is 0 Å². The fourth-order valence-corrected chi connectivity index (χ4v) is 3.05. The lowest BCUT2D eigenvalue weighted by molar-refractivity contribution is -0.139. The van der Waals surface area contributed by atoms with Gasteiger partial charge in [0.25, 0.3) is 0 Å². The van der Waals surface area contributed by atoms with Gasteiger partial charge in [-0.2, -0.15) is 0 Å². The largest absolute Gasteiger partial charge is 0.488 e. The number of methoxy groups -OCH3 is 1. The van der Waals surface area contributed by atoms with Crippen molar-refractivity contribution in [2.75, 3.05) is 7.11 Å². The zero-order valence-corrected chi connectivity index (χ0v) is 16.3. The molecule has 0 saturated heterocycles. The van der Waals surface area contributed by atoms with Gasteiger partial charge in [0, 0.05) is 10.9 Å². The van der Waals surface area contributed by atoms with Crippen LogP contribution in [0.15, 0.2) is 45.6 Å². The SMILES string of the molecule is COC(=O)Cc1c(C)c2ccc(OCc3ccc(C(=O)O)cc3)c(C)c2oc1=O. The van der Waals surface area contributed by atoms with Crippen LogP contribution in [0.5, 0.6) is 5.75 Å². The van der Waals surface area contributed by atoms with Gasteiger partial charge in [-0.25, -0.2) is 9.59 Å². The van der Waals surface area contributed by atoms with E-state index in [1.165, 1.54) is 19.2 Å². The standard InChI is InChI=1S/C22H20O7/c1-12-16-8-9-18(28-11-14-4-6-15(7-5-14)21(24)25)13(2)20(16)29-22(26)17(12)10-19(23)27-3/h4-9H,10-11H2,1-3H3,(H,24,25). The molecule has 150 valence electrons. The molecule has 3 aromatic rings. The topological polar surface area (TPSA) is 103 Å². The van der Waals surface area contributed by atoms with E-state index in [1.807, 2.05) is 0 Å². The molecule has 0 bridgehead atoms. The summed E-state index contributed by atoms with van der Waals surface area (Å²) < 4.78 is 16.0. The molecule has 7 nitrogen and oxygen atoms in total. The Morgan fingerprint density at radius 3 is 2.34 bits per heavy atom. The number of hydrogen-bond acceptors (Lipinski definition) is 6. The summed E-state index contributed by atoms with van der Waals surface area (Å²) in [7, 11) is 1.27. The monoisotopic (exact) mass is 396 g/mol. The minimum atomic E-state index is -0.986. The molecule has 0 radical (unpaired) electrons. The number of carbonyl (C=O) groups is 2. The number of carboxylic acid groups (broad SMARTS) is 1. The molecule has 0 saturated carbocycles. The van der Waals surface area contributed by atoms with Crippen molar-refractivity contribution in [3.05, 3.63) is 74.6 Å². The maximum absolute atomic E-state index is 12.4. The number of aromatic carboxylic acids is 1. The van der Waals surface area contributed by atoms with E-state index in [0.29, 0.717) is 22.5 Å². The first-order valence-electron chi connectivity index (χ1n) is 8.89. The van der Waals surface area contributed by atoms with Gasteiger partial charge in [0.15, 0.2) is 0 Å². The molecule has 0 aliphatic heterocycles. The Morgan fingerprint density at radius 1 is 1.03 bits per heavy atom. The maximum Gasteiger partial charge on any atom is 0.340 e. The molecule has 0 unspecified atom stereocenters. The molecule has 0 aliphatic rings. The number of hydrogen-bond donors (Lipinski definition) is 1. The summed E-state index contributed by atoms with van der Waals surface area (Å²) >= 11 is 0. The molecule has 0 aliphatic carbocycles. The van der Waals surface area contributed by atoms with Crippen LogP contribution in [0, 0.1) is 13.8 Å². The van der Waals surface area contributed by atoms with Crippen LogP contribution < -0.4 is 10.4 Å². The fourth-order valence-electron chi connectivity index (χ4n) is 3.05. The fraction of sp³-hybridized carbons (Fsp3) is 0.227. The van der Waals surface area contributed by atoms with Crippen molar-refractivity contribution >= 4 is 22.9 Å². The normalized spacial score (nSPS) is 10.7. The second-order valence-corrected chi connectivity index (χ2v) is 6.60. The van der Waals surface area contributed by atoms with Crippen LogP contribution in [0.3, 0.4) is 0 Å². The third-order valence-electron chi connectivity index (χ3n) is 4.80. The summed E-state index contributed by atoms with van der Waals surface area (Å²) in [4.78, 5) is 34.9. The van der Waals surface area contributed by atoms with Crippen LogP contribution in [0.25, 0.3) is 11.0 Å². The molecule has 3 rings (SSSR count). The lowest BCUT2D eigenvalue weighted by Gasteiger charge is -2.13. The highest BCUT2D eigenvalue weighted by molar-refractivity contribution is 5.88. The first kappa shape index (κ1) is 20.1. The molecule has 7 heteroatoms. The summed E-state index contributed by atoms with van der Waals surface area (Å²) in [6.07, 6.45) is -0.149. The number of carbonyl (C=O) groups excluding carboxylic acids is 1. The Morgan fingerprint density at radius 2 is 1.72 bits per heavy atom. The average Bonchev–Trinajstić information content (AvgIpc) is 2.71. The van der Waals surface area contributed by atoms with E-state index in [-0.39, 0.29) is 24.2 Å². The number of benzene rings is 2. The highest BCUT2D eigenvalue weighted by Gasteiger charge is 2.17. The maximum atomic E-state index is 12.4. The van der Waals surface area contributed by atoms with Gasteiger partial charge >= 0.3 is 17.6 Å². The third-order valence-corrected chi connectivity index (χ3v) is 4.80. The Bertz CT molecular complexity index is 1140. The Balaban J connectivity index is 1.89. The van der Waals surface area contributed by atoms with Gasteiger partial charge in [0.2, 0.25) is 0 Å². The Kier molecular flexibility index (Phi) is 5.68. The molecule has 1 N–H and O–H groups in total. The van der Waals surface area contributed by atoms with E-state index in [2.05, 4.69) is 4.74 Å². The summed E-state index contributed by atoms with van der Waals surface area (Å²) in [5.74, 6) is -0.951. The summed E-state index contributed by atoms with van der Waals surface area (Å²) in [6.45, 7) is 3.78. The van der Waals surface area contributed by atoms with Gasteiger partial charge in [-0.3, -0.25) is 4.79 Å². The molecule has 0 spiro atoms. The van der Waals surface area contributed by atoms with Crippen molar-refractivity contribution in [1.29, 1.82) is 0 Å². The minimum absolute atomic E-state index is 0.149. The Hall–Kier alpha value is -3.61. The molecule has 0 amide bonds. The van der Waals surface area contributed by atoms with E-state index in [9.17, 15) is 14.4 Å². The van der Waals surface area contributed by atoms with Gasteiger partial charge in [0.1, 0.15) is 17.9 Å². The molecule has 0 fully saturated rings. The van der Waals surface area contributed by atoms with Crippen LogP contribution in [0.4, 0.5) is 0 Å². The highest BCUT2D eigenvalue weighted by Crippen LogP contribution is 2.30. The summed E-state index contributed by atoms with van der Waals surface area (Å²) in [5, 5.41) is 9.68. The van der Waals surface area contributed by atoms with Gasteiger partial charge in [-0.15, -0.1) is 0 Å². The summed E-state index contributed by atoms with van der Waals surface area (Å²) in [5.41, 5.74) is 2.44. The molecule has 1 aromatic heterocycles. The quantitative estimate of drug-likeness (QED) is 0.503. The molecule has 1 heterocycles. The van der Waals surface area contributed by atoms with E-state index in [4.69, 9.17) is 14.3 Å². The van der Waals surface area contributed by atoms with E-state index in [0.717, 1.165) is 10.9 Å². The third kappa shape index (κ3) is 4.13. The molecule has 2 aromatic carbocycles. The van der Waals surface area contributed by atoms with Crippen molar-refractivity contribution in [3.63, 3.8) is 0 Å². The number of carboxylic acids is 1. The zero-order chi connectivity index (χ0) is 21.1. The average molecular weight is 396 g/mol. The number of ether oxygens (including phenoxy) is 2. The van der Waals surface area contributed by atoms with Crippen molar-refractivity contribution < 1.29 is 28.6 Å². The van der Waals surface area contributed by atoms with Crippen LogP contribution in [-0.2, 0) is 22.6 Å². The first-order valence-corrected chi connectivity index (χ1v) is 8.89. The van der Waals surface area contributed by atoms with E-state index in [1.54, 1.807) is 38.1 Å². The molecular weight excluding hydrogens is 376 g/mol. The van der Waals surface area contributed by atoms with Crippen molar-refractivity contribution in [1.82, 2.24) is 0 Å². The molecule has 0 atom stereocenters. The van der Waals surface area contributed by atoms with Gasteiger partial charge in [-0.05, 0) is 49.2 Å². The Labute approximate surface area is 166 Å². The van der Waals surface area contributed by atoms with Gasteiger partial charge in [0.05, 0.1) is 24.7 Å². The van der Waals surface area contributed by atoms with Crippen molar-refractivity contribution in [2.45, 2.75) is 26.9 Å². The molecule has 29 heavy (non-hydrogen) atoms. The van der Waals surface area contributed by atoms with Gasteiger partial charge in [-0.1, -0.05) is 12.1 Å². The lowest BCUT2D eigenvalue weighted by atomic mass is 10.0. The van der Waals surface area contributed by atoms with Crippen LogP contribution in [-0.4, -0.2) is 24.2 Å². The predicted octanol–water partition coefficient (Wildman–Crippen LogP) is 3.40.